The number of amides is 1. The molecule has 0 saturated carbocycles. The van der Waals surface area contributed by atoms with Crippen LogP contribution < -0.4 is 15.8 Å². The predicted octanol–water partition coefficient (Wildman–Crippen LogP) is 2.12. The number of hydrogen-bond donors (Lipinski definition) is 2. The van der Waals surface area contributed by atoms with Gasteiger partial charge in [-0.05, 0) is 24.3 Å². The van der Waals surface area contributed by atoms with E-state index in [1.165, 1.54) is 13.4 Å². The van der Waals surface area contributed by atoms with Crippen molar-refractivity contribution in [2.75, 3.05) is 18.2 Å². The SMILES string of the molecule is COc1cc(N)ccc1NC(=O)c1ccco1. The molecule has 2 rings (SSSR count). The lowest BCUT2D eigenvalue weighted by atomic mass is 10.2. The molecule has 0 fully saturated rings. The Bertz CT molecular complexity index is 521. The summed E-state index contributed by atoms with van der Waals surface area (Å²) < 4.78 is 10.1. The highest BCUT2D eigenvalue weighted by molar-refractivity contribution is 6.03. The van der Waals surface area contributed by atoms with Crippen LogP contribution in [0.2, 0.25) is 0 Å². The summed E-state index contributed by atoms with van der Waals surface area (Å²) in [6.45, 7) is 0. The Balaban J connectivity index is 2.21. The highest BCUT2D eigenvalue weighted by Crippen LogP contribution is 2.26. The fourth-order valence-electron chi connectivity index (χ4n) is 1.40. The molecule has 3 N–H and O–H groups in total. The molecule has 0 bridgehead atoms. The first-order valence-electron chi connectivity index (χ1n) is 4.99. The van der Waals surface area contributed by atoms with Crippen molar-refractivity contribution >= 4 is 17.3 Å². The van der Waals surface area contributed by atoms with Crippen LogP contribution in [0.4, 0.5) is 11.4 Å². The quantitative estimate of drug-likeness (QED) is 0.794. The standard InChI is InChI=1S/C12H12N2O3/c1-16-11-7-8(13)4-5-9(11)14-12(15)10-3-2-6-17-10/h2-7H,13H2,1H3,(H,14,15). The molecule has 5 nitrogen and oxygen atoms in total. The van der Waals surface area contributed by atoms with E-state index < -0.39 is 0 Å². The third kappa shape index (κ3) is 2.39. The van der Waals surface area contributed by atoms with Gasteiger partial charge in [-0.2, -0.15) is 0 Å². The molecule has 0 saturated heterocycles. The molecule has 2 aromatic rings. The Hall–Kier alpha value is -2.43. The number of furan rings is 1. The summed E-state index contributed by atoms with van der Waals surface area (Å²) in [6, 6.07) is 8.22. The number of nitrogen functional groups attached to an aromatic ring is 1. The molecule has 0 aliphatic carbocycles. The molecule has 0 unspecified atom stereocenters. The van der Waals surface area contributed by atoms with Crippen LogP contribution in [0.15, 0.2) is 41.0 Å². The topological polar surface area (TPSA) is 77.5 Å². The zero-order valence-electron chi connectivity index (χ0n) is 9.27. The normalized spacial score (nSPS) is 9.94. The van der Waals surface area contributed by atoms with Crippen LogP contribution in [0.3, 0.4) is 0 Å². The lowest BCUT2D eigenvalue weighted by Crippen LogP contribution is -2.11. The van der Waals surface area contributed by atoms with E-state index in [-0.39, 0.29) is 11.7 Å². The van der Waals surface area contributed by atoms with Crippen LogP contribution in [-0.2, 0) is 0 Å². The molecule has 1 heterocycles. The van der Waals surface area contributed by atoms with E-state index in [2.05, 4.69) is 5.32 Å². The number of anilines is 2. The fraction of sp³-hybridized carbons (Fsp3) is 0.0833. The molecule has 1 amide bonds. The Labute approximate surface area is 98.2 Å². The Morgan fingerprint density at radius 1 is 1.41 bits per heavy atom. The number of nitrogens with two attached hydrogens (primary N) is 1. The third-order valence-electron chi connectivity index (χ3n) is 2.22. The number of carbonyl (C=O) groups is 1. The van der Waals surface area contributed by atoms with Gasteiger partial charge in [0.2, 0.25) is 0 Å². The van der Waals surface area contributed by atoms with Crippen LogP contribution in [0, 0.1) is 0 Å². The van der Waals surface area contributed by atoms with E-state index in [9.17, 15) is 4.79 Å². The van der Waals surface area contributed by atoms with Crippen molar-refractivity contribution in [2.24, 2.45) is 0 Å². The number of nitrogens with one attached hydrogen (secondary N) is 1. The minimum absolute atomic E-state index is 0.240. The lowest BCUT2D eigenvalue weighted by Gasteiger charge is -2.09. The van der Waals surface area contributed by atoms with E-state index in [0.717, 1.165) is 0 Å². The summed E-state index contributed by atoms with van der Waals surface area (Å²) in [7, 11) is 1.51. The van der Waals surface area contributed by atoms with Crippen LogP contribution in [0.5, 0.6) is 5.75 Å². The number of hydrogen-bond acceptors (Lipinski definition) is 4. The molecule has 0 atom stereocenters. The average molecular weight is 232 g/mol. The first kappa shape index (κ1) is 11.1. The Morgan fingerprint density at radius 2 is 2.24 bits per heavy atom. The van der Waals surface area contributed by atoms with Crippen LogP contribution in [0.25, 0.3) is 0 Å². The lowest BCUT2D eigenvalue weighted by molar-refractivity contribution is 0.0996. The zero-order chi connectivity index (χ0) is 12.3. The van der Waals surface area contributed by atoms with Crippen molar-refractivity contribution in [1.29, 1.82) is 0 Å². The van der Waals surface area contributed by atoms with Gasteiger partial charge in [-0.1, -0.05) is 0 Å². The summed E-state index contributed by atoms with van der Waals surface area (Å²) in [5, 5.41) is 2.68. The molecule has 1 aromatic carbocycles. The number of benzene rings is 1. The Kier molecular flexibility index (Phi) is 3.00. The molecule has 0 aliphatic rings. The first-order valence-corrected chi connectivity index (χ1v) is 4.99. The summed E-state index contributed by atoms with van der Waals surface area (Å²) in [5.74, 6) is 0.409. The molecular weight excluding hydrogens is 220 g/mol. The smallest absolute Gasteiger partial charge is 0.291 e. The van der Waals surface area contributed by atoms with Crippen molar-refractivity contribution in [1.82, 2.24) is 0 Å². The number of carbonyl (C=O) groups excluding carboxylic acids is 1. The minimum atomic E-state index is -0.335. The van der Waals surface area contributed by atoms with Gasteiger partial charge in [0, 0.05) is 11.8 Å². The van der Waals surface area contributed by atoms with Gasteiger partial charge in [-0.3, -0.25) is 4.79 Å². The van der Waals surface area contributed by atoms with Crippen molar-refractivity contribution in [3.05, 3.63) is 42.4 Å². The van der Waals surface area contributed by atoms with E-state index in [0.29, 0.717) is 17.1 Å². The van der Waals surface area contributed by atoms with Gasteiger partial charge in [0.15, 0.2) is 5.76 Å². The summed E-state index contributed by atoms with van der Waals surface area (Å²) >= 11 is 0. The van der Waals surface area contributed by atoms with Gasteiger partial charge < -0.3 is 20.2 Å². The van der Waals surface area contributed by atoms with E-state index in [1.54, 1.807) is 30.3 Å². The molecule has 0 aliphatic heterocycles. The van der Waals surface area contributed by atoms with Crippen molar-refractivity contribution in [3.8, 4) is 5.75 Å². The highest BCUT2D eigenvalue weighted by atomic mass is 16.5. The van der Waals surface area contributed by atoms with Crippen LogP contribution in [-0.4, -0.2) is 13.0 Å². The van der Waals surface area contributed by atoms with Gasteiger partial charge in [-0.15, -0.1) is 0 Å². The fourth-order valence-corrected chi connectivity index (χ4v) is 1.40. The van der Waals surface area contributed by atoms with Gasteiger partial charge in [0.1, 0.15) is 5.75 Å². The monoisotopic (exact) mass is 232 g/mol. The average Bonchev–Trinajstić information content (AvgIpc) is 2.85. The van der Waals surface area contributed by atoms with Gasteiger partial charge >= 0.3 is 0 Å². The second kappa shape index (κ2) is 4.61. The maximum atomic E-state index is 11.7. The highest BCUT2D eigenvalue weighted by Gasteiger charge is 2.11. The van der Waals surface area contributed by atoms with Crippen molar-refractivity contribution in [2.45, 2.75) is 0 Å². The first-order chi connectivity index (χ1) is 8.20. The van der Waals surface area contributed by atoms with Crippen LogP contribution in [0.1, 0.15) is 10.6 Å². The number of ether oxygens (including phenoxy) is 1. The molecule has 5 heteroatoms. The van der Waals surface area contributed by atoms with Gasteiger partial charge in [0.25, 0.3) is 5.91 Å². The van der Waals surface area contributed by atoms with E-state index in [4.69, 9.17) is 14.9 Å². The largest absolute Gasteiger partial charge is 0.494 e. The Morgan fingerprint density at radius 3 is 2.88 bits per heavy atom. The molecule has 0 radical (unpaired) electrons. The molecule has 1 aromatic heterocycles. The summed E-state index contributed by atoms with van der Waals surface area (Å²) in [4.78, 5) is 11.7. The van der Waals surface area contributed by atoms with Gasteiger partial charge in [0.05, 0.1) is 19.1 Å². The third-order valence-corrected chi connectivity index (χ3v) is 2.22. The zero-order valence-corrected chi connectivity index (χ0v) is 9.27. The maximum absolute atomic E-state index is 11.7. The van der Waals surface area contributed by atoms with Crippen LogP contribution >= 0.6 is 0 Å². The van der Waals surface area contributed by atoms with Crippen molar-refractivity contribution in [3.63, 3.8) is 0 Å². The second-order valence-corrected chi connectivity index (χ2v) is 3.39. The summed E-state index contributed by atoms with van der Waals surface area (Å²) in [6.07, 6.45) is 1.44. The number of methoxy groups -OCH3 is 1. The minimum Gasteiger partial charge on any atom is -0.494 e. The molecular formula is C12H12N2O3. The van der Waals surface area contributed by atoms with E-state index >= 15 is 0 Å². The van der Waals surface area contributed by atoms with E-state index in [1.807, 2.05) is 0 Å². The molecule has 17 heavy (non-hydrogen) atoms. The number of rotatable bonds is 3. The second-order valence-electron chi connectivity index (χ2n) is 3.39. The van der Waals surface area contributed by atoms with Gasteiger partial charge in [-0.25, -0.2) is 0 Å². The predicted molar refractivity (Wildman–Crippen MR) is 64.1 cm³/mol. The summed E-state index contributed by atoms with van der Waals surface area (Å²) in [5.41, 5.74) is 6.73. The molecule has 0 spiro atoms. The van der Waals surface area contributed by atoms with Crippen molar-refractivity contribution < 1.29 is 13.9 Å². The maximum Gasteiger partial charge on any atom is 0.291 e. The molecule has 88 valence electrons.